The molecule has 4 nitrogen and oxygen atoms in total. The van der Waals surface area contributed by atoms with Crippen molar-refractivity contribution >= 4 is 6.09 Å². The van der Waals surface area contributed by atoms with Crippen molar-refractivity contribution < 1.29 is 14.3 Å². The summed E-state index contributed by atoms with van der Waals surface area (Å²) in [6.45, 7) is 9.82. The summed E-state index contributed by atoms with van der Waals surface area (Å²) in [5.74, 6) is 0.909. The quantitative estimate of drug-likeness (QED) is 0.831. The summed E-state index contributed by atoms with van der Waals surface area (Å²) in [4.78, 5) is 14.3. The maximum Gasteiger partial charge on any atom is 0.410 e. The first-order valence-electron chi connectivity index (χ1n) is 8.46. The first-order valence-corrected chi connectivity index (χ1v) is 8.46. The summed E-state index contributed by atoms with van der Waals surface area (Å²) >= 11 is 0. The number of likely N-dealkylation sites (tertiary alicyclic amines) is 1. The number of nitrogens with zero attached hydrogens (tertiary/aromatic N) is 1. The molecule has 0 N–H and O–H groups in total. The Morgan fingerprint density at radius 2 is 2.04 bits per heavy atom. The second-order valence-corrected chi connectivity index (χ2v) is 7.56. The maximum absolute atomic E-state index is 12.4. The number of methoxy groups -OCH3 is 1. The van der Waals surface area contributed by atoms with Gasteiger partial charge in [0.1, 0.15) is 5.75 Å². The molecule has 1 fully saturated rings. The Morgan fingerprint density at radius 1 is 1.30 bits per heavy atom. The molecular weight excluding hydrogens is 290 g/mol. The topological polar surface area (TPSA) is 38.8 Å². The van der Waals surface area contributed by atoms with Crippen molar-refractivity contribution in [1.82, 2.24) is 4.90 Å². The molecule has 0 saturated carbocycles. The van der Waals surface area contributed by atoms with Gasteiger partial charge in [-0.3, -0.25) is 0 Å². The number of piperidine rings is 1. The van der Waals surface area contributed by atoms with E-state index in [1.54, 1.807) is 7.11 Å². The molecule has 3 rings (SSSR count). The molecule has 126 valence electrons. The van der Waals surface area contributed by atoms with E-state index in [1.165, 1.54) is 11.1 Å². The van der Waals surface area contributed by atoms with E-state index in [2.05, 4.69) is 32.9 Å². The molecule has 4 heteroatoms. The van der Waals surface area contributed by atoms with E-state index in [1.807, 2.05) is 17.9 Å². The molecule has 1 aliphatic carbocycles. The molecule has 1 amide bonds. The summed E-state index contributed by atoms with van der Waals surface area (Å²) in [5, 5.41) is 0. The molecular formula is C19H27NO3. The molecule has 2 aliphatic rings. The molecule has 1 heterocycles. The molecule has 0 aromatic heterocycles. The van der Waals surface area contributed by atoms with E-state index in [0.29, 0.717) is 6.61 Å². The molecule has 0 radical (unpaired) electrons. The van der Waals surface area contributed by atoms with Crippen LogP contribution in [0.5, 0.6) is 5.75 Å². The van der Waals surface area contributed by atoms with Gasteiger partial charge in [0.05, 0.1) is 13.7 Å². The lowest BCUT2D eigenvalue weighted by Crippen LogP contribution is -2.61. The monoisotopic (exact) mass is 317 g/mol. The van der Waals surface area contributed by atoms with Crippen LogP contribution in [0.3, 0.4) is 0 Å². The summed E-state index contributed by atoms with van der Waals surface area (Å²) in [6.07, 6.45) is 1.75. The standard InChI is InChI=1S/C19H27NO3/c1-6-23-17(21)20-10-9-19(4)12-16(20)18(2,3)14-8-7-13(22-5)11-15(14)19/h7-8,11,16H,6,9-10,12H2,1-5H3. The average Bonchev–Trinajstić information content (AvgIpc) is 2.53. The van der Waals surface area contributed by atoms with Crippen LogP contribution < -0.4 is 4.74 Å². The first kappa shape index (κ1) is 16.2. The Kier molecular flexibility index (Phi) is 3.81. The molecule has 1 aromatic rings. The Labute approximate surface area is 138 Å². The highest BCUT2D eigenvalue weighted by Crippen LogP contribution is 2.52. The molecule has 23 heavy (non-hydrogen) atoms. The number of benzene rings is 1. The number of fused-ring (bicyclic) bond motifs is 4. The second-order valence-electron chi connectivity index (χ2n) is 7.56. The summed E-state index contributed by atoms with van der Waals surface area (Å²) < 4.78 is 10.7. The van der Waals surface area contributed by atoms with E-state index < -0.39 is 0 Å². The minimum Gasteiger partial charge on any atom is -0.497 e. The number of carbonyl (C=O) groups is 1. The summed E-state index contributed by atoms with van der Waals surface area (Å²) in [5.41, 5.74) is 2.69. The van der Waals surface area contributed by atoms with Crippen molar-refractivity contribution in [2.45, 2.75) is 57.4 Å². The lowest BCUT2D eigenvalue weighted by molar-refractivity contribution is 0.0259. The van der Waals surface area contributed by atoms with Crippen LogP contribution in [-0.4, -0.2) is 37.3 Å². The molecule has 1 aromatic carbocycles. The predicted molar refractivity (Wildman–Crippen MR) is 90.1 cm³/mol. The van der Waals surface area contributed by atoms with Gasteiger partial charge in [-0.25, -0.2) is 4.79 Å². The highest BCUT2D eigenvalue weighted by atomic mass is 16.6. The van der Waals surface area contributed by atoms with E-state index >= 15 is 0 Å². The Bertz CT molecular complexity index is 625. The fraction of sp³-hybridized carbons (Fsp3) is 0.632. The normalized spacial score (nSPS) is 28.0. The first-order chi connectivity index (χ1) is 10.8. The molecule has 0 spiro atoms. The zero-order chi connectivity index (χ0) is 16.8. The van der Waals surface area contributed by atoms with Gasteiger partial charge in [-0.05, 0) is 48.4 Å². The van der Waals surface area contributed by atoms with Crippen LogP contribution in [0, 0.1) is 0 Å². The fourth-order valence-electron chi connectivity index (χ4n) is 4.37. The van der Waals surface area contributed by atoms with Crippen molar-refractivity contribution in [3.63, 3.8) is 0 Å². The number of carbonyl (C=O) groups excluding carboxylic acids is 1. The Hall–Kier alpha value is -1.71. The van der Waals surface area contributed by atoms with Gasteiger partial charge >= 0.3 is 6.09 Å². The van der Waals surface area contributed by atoms with E-state index in [9.17, 15) is 4.79 Å². The van der Waals surface area contributed by atoms with E-state index in [0.717, 1.165) is 25.1 Å². The molecule has 1 aliphatic heterocycles. The number of ether oxygens (including phenoxy) is 2. The average molecular weight is 317 g/mol. The fourth-order valence-corrected chi connectivity index (χ4v) is 4.37. The van der Waals surface area contributed by atoms with Crippen LogP contribution in [0.2, 0.25) is 0 Å². The third-order valence-corrected chi connectivity index (χ3v) is 5.83. The van der Waals surface area contributed by atoms with E-state index in [-0.39, 0.29) is 23.0 Å². The smallest absolute Gasteiger partial charge is 0.410 e. The Morgan fingerprint density at radius 3 is 2.70 bits per heavy atom. The Balaban J connectivity index is 2.07. The van der Waals surface area contributed by atoms with Gasteiger partial charge in [-0.15, -0.1) is 0 Å². The number of rotatable bonds is 2. The summed E-state index contributed by atoms with van der Waals surface area (Å²) in [7, 11) is 1.71. The van der Waals surface area contributed by atoms with Gasteiger partial charge in [0.2, 0.25) is 0 Å². The highest BCUT2D eigenvalue weighted by molar-refractivity contribution is 5.69. The molecule has 2 bridgehead atoms. The van der Waals surface area contributed by atoms with Gasteiger partial charge in [-0.1, -0.05) is 26.8 Å². The maximum atomic E-state index is 12.4. The third kappa shape index (κ3) is 2.39. The van der Waals surface area contributed by atoms with Crippen LogP contribution in [0.15, 0.2) is 18.2 Å². The van der Waals surface area contributed by atoms with Crippen LogP contribution in [-0.2, 0) is 15.6 Å². The van der Waals surface area contributed by atoms with Crippen molar-refractivity contribution in [3.8, 4) is 5.75 Å². The predicted octanol–water partition coefficient (Wildman–Crippen LogP) is 3.87. The van der Waals surface area contributed by atoms with Gasteiger partial charge in [-0.2, -0.15) is 0 Å². The van der Waals surface area contributed by atoms with Crippen molar-refractivity contribution in [2.75, 3.05) is 20.3 Å². The lowest BCUT2D eigenvalue weighted by Gasteiger charge is -2.56. The van der Waals surface area contributed by atoms with Crippen molar-refractivity contribution in [1.29, 1.82) is 0 Å². The van der Waals surface area contributed by atoms with Crippen molar-refractivity contribution in [2.24, 2.45) is 0 Å². The minimum absolute atomic E-state index is 0.0903. The summed E-state index contributed by atoms with van der Waals surface area (Å²) in [6, 6.07) is 6.56. The van der Waals surface area contributed by atoms with Gasteiger partial charge in [0.15, 0.2) is 0 Å². The van der Waals surface area contributed by atoms with Gasteiger partial charge in [0, 0.05) is 18.0 Å². The number of hydrogen-bond acceptors (Lipinski definition) is 3. The van der Waals surface area contributed by atoms with E-state index in [4.69, 9.17) is 9.47 Å². The van der Waals surface area contributed by atoms with Crippen LogP contribution >= 0.6 is 0 Å². The minimum atomic E-state index is -0.176. The SMILES string of the molecule is CCOC(=O)N1CCC2(C)CC1C(C)(C)c1ccc(OC)cc12. The lowest BCUT2D eigenvalue weighted by atomic mass is 9.56. The van der Waals surface area contributed by atoms with Crippen molar-refractivity contribution in [3.05, 3.63) is 29.3 Å². The zero-order valence-corrected chi connectivity index (χ0v) is 14.8. The number of amides is 1. The highest BCUT2D eigenvalue weighted by Gasteiger charge is 2.52. The zero-order valence-electron chi connectivity index (χ0n) is 14.8. The van der Waals surface area contributed by atoms with Gasteiger partial charge in [0.25, 0.3) is 0 Å². The molecule has 2 unspecified atom stereocenters. The van der Waals surface area contributed by atoms with Crippen LogP contribution in [0.25, 0.3) is 0 Å². The van der Waals surface area contributed by atoms with Crippen LogP contribution in [0.1, 0.15) is 51.7 Å². The third-order valence-electron chi connectivity index (χ3n) is 5.83. The molecule has 1 saturated heterocycles. The number of hydrogen-bond donors (Lipinski definition) is 0. The second kappa shape index (κ2) is 5.43. The largest absolute Gasteiger partial charge is 0.497 e. The molecule has 2 atom stereocenters. The van der Waals surface area contributed by atoms with Gasteiger partial charge < -0.3 is 14.4 Å². The van der Waals surface area contributed by atoms with Crippen LogP contribution in [0.4, 0.5) is 4.79 Å².